The predicted molar refractivity (Wildman–Crippen MR) is 103 cm³/mol. The van der Waals surface area contributed by atoms with Gasteiger partial charge in [0.25, 0.3) is 0 Å². The van der Waals surface area contributed by atoms with Crippen LogP contribution in [0, 0.1) is 13.8 Å². The van der Waals surface area contributed by atoms with Crippen molar-refractivity contribution >= 4 is 40.0 Å². The van der Waals surface area contributed by atoms with Gasteiger partial charge in [-0.2, -0.15) is 0 Å². The lowest BCUT2D eigenvalue weighted by Crippen LogP contribution is -2.32. The molecule has 128 valence electrons. The first kappa shape index (κ1) is 17.1. The summed E-state index contributed by atoms with van der Waals surface area (Å²) < 4.78 is 5.90. The fourth-order valence-electron chi connectivity index (χ4n) is 2.70. The van der Waals surface area contributed by atoms with Gasteiger partial charge in [0.15, 0.2) is 16.6 Å². The van der Waals surface area contributed by atoms with Gasteiger partial charge in [-0.25, -0.2) is 4.98 Å². The van der Waals surface area contributed by atoms with E-state index in [4.69, 9.17) is 16.6 Å². The highest BCUT2D eigenvalue weighted by molar-refractivity contribution is 7.80. The van der Waals surface area contributed by atoms with Gasteiger partial charge in [-0.1, -0.05) is 18.2 Å². The summed E-state index contributed by atoms with van der Waals surface area (Å²) in [5.41, 5.74) is 5.91. The number of fused-ring (bicyclic) bond motifs is 1. The number of anilines is 1. The summed E-state index contributed by atoms with van der Waals surface area (Å²) in [5.74, 6) is 0.494. The molecule has 0 atom stereocenters. The van der Waals surface area contributed by atoms with Crippen LogP contribution in [0.5, 0.6) is 0 Å². The smallest absolute Gasteiger partial charge is 0.222 e. The summed E-state index contributed by atoms with van der Waals surface area (Å²) in [4.78, 5) is 15.5. The normalized spacial score (nSPS) is 10.7. The van der Waals surface area contributed by atoms with Crippen molar-refractivity contribution in [2.24, 2.45) is 0 Å². The minimum Gasteiger partial charge on any atom is -0.440 e. The second-order valence-corrected chi connectivity index (χ2v) is 6.45. The monoisotopic (exact) mass is 353 g/mol. The van der Waals surface area contributed by atoms with E-state index in [9.17, 15) is 4.79 Å². The number of aromatic nitrogens is 1. The number of hydrogen-bond acceptors (Lipinski definition) is 4. The molecule has 1 aromatic heterocycles. The zero-order chi connectivity index (χ0) is 18.0. The van der Waals surface area contributed by atoms with Crippen LogP contribution in [0.25, 0.3) is 11.1 Å². The summed E-state index contributed by atoms with van der Waals surface area (Å²) in [6.45, 7) is 5.50. The fraction of sp³-hybridized carbons (Fsp3) is 0.211. The molecule has 0 saturated carbocycles. The summed E-state index contributed by atoms with van der Waals surface area (Å²) in [5, 5.41) is 5.77. The Hall–Kier alpha value is -2.73. The zero-order valence-electron chi connectivity index (χ0n) is 14.3. The van der Waals surface area contributed by atoms with Crippen LogP contribution in [-0.2, 0) is 11.2 Å². The van der Waals surface area contributed by atoms with Crippen molar-refractivity contribution in [3.05, 3.63) is 59.0 Å². The molecule has 0 aliphatic carbocycles. The Kier molecular flexibility index (Phi) is 4.81. The molecule has 1 heterocycles. The van der Waals surface area contributed by atoms with Gasteiger partial charge in [0.05, 0.1) is 0 Å². The largest absolute Gasteiger partial charge is 0.440 e. The molecule has 0 radical (unpaired) electrons. The number of nitrogens with zero attached hydrogens (tertiary/aromatic N) is 1. The molecule has 2 aromatic carbocycles. The van der Waals surface area contributed by atoms with E-state index in [0.717, 1.165) is 27.9 Å². The highest BCUT2D eigenvalue weighted by Crippen LogP contribution is 2.23. The number of benzene rings is 2. The zero-order valence-corrected chi connectivity index (χ0v) is 15.2. The van der Waals surface area contributed by atoms with Crippen molar-refractivity contribution in [1.29, 1.82) is 0 Å². The number of rotatable bonds is 3. The molecule has 0 aliphatic rings. The molecule has 3 rings (SSSR count). The second kappa shape index (κ2) is 7.03. The maximum atomic E-state index is 11.0. The van der Waals surface area contributed by atoms with E-state index < -0.39 is 0 Å². The molecule has 6 heteroatoms. The quantitative estimate of drug-likeness (QED) is 0.700. The number of amides is 1. The Bertz CT molecular complexity index is 945. The molecule has 25 heavy (non-hydrogen) atoms. The minimum atomic E-state index is -0.199. The number of hydrogen-bond donors (Lipinski definition) is 2. The van der Waals surface area contributed by atoms with Crippen LogP contribution in [0.4, 0.5) is 5.69 Å². The van der Waals surface area contributed by atoms with Crippen molar-refractivity contribution in [1.82, 2.24) is 10.3 Å². The molecule has 0 saturated heterocycles. The van der Waals surface area contributed by atoms with Gasteiger partial charge >= 0.3 is 0 Å². The predicted octanol–water partition coefficient (Wildman–Crippen LogP) is 3.87. The van der Waals surface area contributed by atoms with Crippen molar-refractivity contribution in [2.75, 3.05) is 5.32 Å². The van der Waals surface area contributed by atoms with Crippen LogP contribution in [0.3, 0.4) is 0 Å². The third-order valence-corrected chi connectivity index (χ3v) is 3.93. The van der Waals surface area contributed by atoms with Gasteiger partial charge in [-0.3, -0.25) is 4.79 Å². The van der Waals surface area contributed by atoms with Crippen LogP contribution in [0.1, 0.15) is 29.5 Å². The lowest BCUT2D eigenvalue weighted by atomic mass is 10.1. The molecule has 0 fully saturated rings. The Morgan fingerprint density at radius 1 is 1.20 bits per heavy atom. The molecule has 0 bridgehead atoms. The van der Waals surface area contributed by atoms with E-state index in [0.29, 0.717) is 12.3 Å². The Balaban J connectivity index is 1.72. The first-order chi connectivity index (χ1) is 11.9. The Morgan fingerprint density at radius 2 is 1.92 bits per heavy atom. The second-order valence-electron chi connectivity index (χ2n) is 6.05. The van der Waals surface area contributed by atoms with Gasteiger partial charge in [0.1, 0.15) is 5.52 Å². The molecule has 0 unspecified atom stereocenters. The molecule has 1 amide bonds. The molecule has 5 nitrogen and oxygen atoms in total. The fourth-order valence-corrected chi connectivity index (χ4v) is 2.96. The lowest BCUT2D eigenvalue weighted by Gasteiger charge is -2.08. The Labute approximate surface area is 151 Å². The maximum Gasteiger partial charge on any atom is 0.222 e. The third-order valence-electron chi connectivity index (χ3n) is 3.72. The van der Waals surface area contributed by atoms with Crippen LogP contribution >= 0.6 is 12.2 Å². The average molecular weight is 353 g/mol. The standard InChI is InChI=1S/C19H19N3O2S/c1-11-8-12(2)18-16(9-11)22-17(24-18)10-14-4-6-15(7-5-14)21-19(25)20-13(3)23/h4-9H,10H2,1-3H3,(H2,20,21,23,25). The van der Waals surface area contributed by atoms with Gasteiger partial charge in [-0.15, -0.1) is 0 Å². The van der Waals surface area contributed by atoms with Crippen molar-refractivity contribution in [3.63, 3.8) is 0 Å². The third kappa shape index (κ3) is 4.22. The van der Waals surface area contributed by atoms with Crippen LogP contribution in [-0.4, -0.2) is 16.0 Å². The van der Waals surface area contributed by atoms with Crippen molar-refractivity contribution < 1.29 is 9.21 Å². The number of thiocarbonyl (C=S) groups is 1. The van der Waals surface area contributed by atoms with E-state index in [-0.39, 0.29) is 11.0 Å². The summed E-state index contributed by atoms with van der Waals surface area (Å²) in [7, 11) is 0. The molecular weight excluding hydrogens is 334 g/mol. The number of carbonyl (C=O) groups is 1. The summed E-state index contributed by atoms with van der Waals surface area (Å²) in [6, 6.07) is 11.9. The number of oxazole rings is 1. The minimum absolute atomic E-state index is 0.199. The maximum absolute atomic E-state index is 11.0. The molecular formula is C19H19N3O2S. The van der Waals surface area contributed by atoms with Crippen LogP contribution < -0.4 is 10.6 Å². The topological polar surface area (TPSA) is 67.2 Å². The van der Waals surface area contributed by atoms with E-state index in [1.54, 1.807) is 0 Å². The van der Waals surface area contributed by atoms with E-state index in [2.05, 4.69) is 28.6 Å². The molecule has 2 N–H and O–H groups in total. The van der Waals surface area contributed by atoms with Crippen LogP contribution in [0.15, 0.2) is 40.8 Å². The van der Waals surface area contributed by atoms with Crippen molar-refractivity contribution in [3.8, 4) is 0 Å². The van der Waals surface area contributed by atoms with Crippen molar-refractivity contribution in [2.45, 2.75) is 27.2 Å². The number of aryl methyl sites for hydroxylation is 2. The van der Waals surface area contributed by atoms with E-state index >= 15 is 0 Å². The highest BCUT2D eigenvalue weighted by Gasteiger charge is 2.09. The number of nitrogens with one attached hydrogen (secondary N) is 2. The van der Waals surface area contributed by atoms with E-state index in [1.165, 1.54) is 12.5 Å². The van der Waals surface area contributed by atoms with Gasteiger partial charge in [-0.05, 0) is 61.0 Å². The SMILES string of the molecule is CC(=O)NC(=S)Nc1ccc(Cc2nc3cc(C)cc(C)c3o2)cc1. The van der Waals surface area contributed by atoms with Gasteiger partial charge in [0, 0.05) is 19.0 Å². The molecule has 0 aliphatic heterocycles. The first-order valence-electron chi connectivity index (χ1n) is 7.95. The Morgan fingerprint density at radius 3 is 2.60 bits per heavy atom. The van der Waals surface area contributed by atoms with Gasteiger partial charge < -0.3 is 15.1 Å². The summed E-state index contributed by atoms with van der Waals surface area (Å²) in [6.07, 6.45) is 0.615. The summed E-state index contributed by atoms with van der Waals surface area (Å²) >= 11 is 5.04. The molecule has 3 aromatic rings. The first-order valence-corrected chi connectivity index (χ1v) is 8.36. The number of carbonyl (C=O) groups excluding carboxylic acids is 1. The lowest BCUT2D eigenvalue weighted by molar-refractivity contribution is -0.117. The van der Waals surface area contributed by atoms with E-state index in [1.807, 2.05) is 37.3 Å². The van der Waals surface area contributed by atoms with Crippen LogP contribution in [0.2, 0.25) is 0 Å². The van der Waals surface area contributed by atoms with Gasteiger partial charge in [0.2, 0.25) is 5.91 Å². The average Bonchev–Trinajstić information content (AvgIpc) is 2.91. The highest BCUT2D eigenvalue weighted by atomic mass is 32.1. The molecule has 0 spiro atoms.